The van der Waals surface area contributed by atoms with Crippen LogP contribution in [-0.2, 0) is 4.79 Å². The van der Waals surface area contributed by atoms with Gasteiger partial charge in [-0.1, -0.05) is 0 Å². The third-order valence-electron chi connectivity index (χ3n) is 3.49. The highest BCUT2D eigenvalue weighted by molar-refractivity contribution is 5.78. The van der Waals surface area contributed by atoms with Gasteiger partial charge in [0.2, 0.25) is 5.91 Å². The van der Waals surface area contributed by atoms with E-state index in [4.69, 9.17) is 5.73 Å². The van der Waals surface area contributed by atoms with Crippen LogP contribution in [0.3, 0.4) is 0 Å². The SMILES string of the molecule is NC(=O)C1CN(C2CCC(O)CC2)C1. The Hall–Kier alpha value is -0.610. The number of carbonyl (C=O) groups excluding carboxylic acids is 1. The van der Waals surface area contributed by atoms with Gasteiger partial charge in [0.15, 0.2) is 0 Å². The first-order valence-electron chi connectivity index (χ1n) is 5.38. The number of rotatable bonds is 2. The van der Waals surface area contributed by atoms with Gasteiger partial charge in [-0.15, -0.1) is 0 Å². The van der Waals surface area contributed by atoms with Crippen molar-refractivity contribution in [3.05, 3.63) is 0 Å². The van der Waals surface area contributed by atoms with Crippen LogP contribution in [0.1, 0.15) is 25.7 Å². The minimum atomic E-state index is -0.169. The van der Waals surface area contributed by atoms with Crippen LogP contribution in [0.15, 0.2) is 0 Å². The zero-order chi connectivity index (χ0) is 10.1. The fourth-order valence-corrected chi connectivity index (χ4v) is 2.41. The topological polar surface area (TPSA) is 66.6 Å². The monoisotopic (exact) mass is 198 g/mol. The summed E-state index contributed by atoms with van der Waals surface area (Å²) in [5, 5.41) is 9.35. The maximum absolute atomic E-state index is 10.8. The number of aliphatic hydroxyl groups is 1. The summed E-state index contributed by atoms with van der Waals surface area (Å²) in [7, 11) is 0. The van der Waals surface area contributed by atoms with Gasteiger partial charge in [-0.05, 0) is 25.7 Å². The number of primary amides is 1. The van der Waals surface area contributed by atoms with Gasteiger partial charge >= 0.3 is 0 Å². The summed E-state index contributed by atoms with van der Waals surface area (Å²) < 4.78 is 0. The molecule has 0 bridgehead atoms. The molecule has 0 aromatic rings. The van der Waals surface area contributed by atoms with Crippen molar-refractivity contribution in [3.8, 4) is 0 Å². The number of hydrogen-bond acceptors (Lipinski definition) is 3. The van der Waals surface area contributed by atoms with Crippen LogP contribution in [0.25, 0.3) is 0 Å². The molecule has 1 aliphatic heterocycles. The maximum atomic E-state index is 10.8. The molecule has 1 heterocycles. The number of amides is 1. The maximum Gasteiger partial charge on any atom is 0.223 e. The van der Waals surface area contributed by atoms with Crippen molar-refractivity contribution in [2.75, 3.05) is 13.1 Å². The first kappa shape index (κ1) is 9.93. The first-order chi connectivity index (χ1) is 6.66. The zero-order valence-electron chi connectivity index (χ0n) is 8.35. The minimum absolute atomic E-state index is 0.0712. The van der Waals surface area contributed by atoms with Crippen molar-refractivity contribution < 1.29 is 9.90 Å². The molecule has 1 aliphatic carbocycles. The molecule has 1 amide bonds. The fourth-order valence-electron chi connectivity index (χ4n) is 2.41. The minimum Gasteiger partial charge on any atom is -0.393 e. The molecule has 4 nitrogen and oxygen atoms in total. The van der Waals surface area contributed by atoms with Crippen LogP contribution in [-0.4, -0.2) is 41.1 Å². The van der Waals surface area contributed by atoms with Gasteiger partial charge in [0, 0.05) is 19.1 Å². The van der Waals surface area contributed by atoms with E-state index in [0.717, 1.165) is 38.8 Å². The molecule has 14 heavy (non-hydrogen) atoms. The van der Waals surface area contributed by atoms with Crippen LogP contribution in [0.2, 0.25) is 0 Å². The summed E-state index contributed by atoms with van der Waals surface area (Å²) in [6.07, 6.45) is 3.84. The number of aliphatic hydroxyl groups excluding tert-OH is 1. The van der Waals surface area contributed by atoms with Crippen LogP contribution in [0.5, 0.6) is 0 Å². The van der Waals surface area contributed by atoms with Crippen LogP contribution < -0.4 is 5.73 Å². The molecule has 1 saturated carbocycles. The second kappa shape index (κ2) is 3.87. The van der Waals surface area contributed by atoms with E-state index in [2.05, 4.69) is 4.90 Å². The van der Waals surface area contributed by atoms with Gasteiger partial charge in [-0.25, -0.2) is 0 Å². The Balaban J connectivity index is 1.74. The van der Waals surface area contributed by atoms with E-state index in [9.17, 15) is 9.90 Å². The summed E-state index contributed by atoms with van der Waals surface area (Å²) in [6, 6.07) is 0.578. The number of hydrogen-bond donors (Lipinski definition) is 2. The van der Waals surface area contributed by atoms with E-state index in [1.165, 1.54) is 0 Å². The Morgan fingerprint density at radius 1 is 1.21 bits per heavy atom. The van der Waals surface area contributed by atoms with Gasteiger partial charge in [0.05, 0.1) is 12.0 Å². The Kier molecular flexibility index (Phi) is 2.74. The van der Waals surface area contributed by atoms with Crippen molar-refractivity contribution >= 4 is 5.91 Å². The van der Waals surface area contributed by atoms with E-state index in [-0.39, 0.29) is 17.9 Å². The number of nitrogens with two attached hydrogens (primary N) is 1. The predicted octanol–water partition coefficient (Wildman–Crippen LogP) is -0.293. The lowest BCUT2D eigenvalue weighted by molar-refractivity contribution is -0.128. The van der Waals surface area contributed by atoms with Crippen molar-refractivity contribution in [1.82, 2.24) is 4.90 Å². The van der Waals surface area contributed by atoms with Gasteiger partial charge in [0.25, 0.3) is 0 Å². The quantitative estimate of drug-likeness (QED) is 0.640. The Labute approximate surface area is 84.1 Å². The zero-order valence-corrected chi connectivity index (χ0v) is 8.35. The van der Waals surface area contributed by atoms with Crippen molar-refractivity contribution in [3.63, 3.8) is 0 Å². The molecule has 0 aromatic carbocycles. The number of likely N-dealkylation sites (tertiary alicyclic amines) is 1. The van der Waals surface area contributed by atoms with Crippen LogP contribution >= 0.6 is 0 Å². The summed E-state index contributed by atoms with van der Waals surface area (Å²) in [5.41, 5.74) is 5.21. The lowest BCUT2D eigenvalue weighted by atomic mass is 9.87. The molecule has 0 spiro atoms. The third-order valence-corrected chi connectivity index (χ3v) is 3.49. The normalized spacial score (nSPS) is 35.2. The predicted molar refractivity (Wildman–Crippen MR) is 52.5 cm³/mol. The van der Waals surface area contributed by atoms with Gasteiger partial charge in [0.1, 0.15) is 0 Å². The molecular weight excluding hydrogens is 180 g/mol. The molecule has 3 N–H and O–H groups in total. The average Bonchev–Trinajstić information content (AvgIpc) is 2.05. The molecule has 2 rings (SSSR count). The van der Waals surface area contributed by atoms with Crippen molar-refractivity contribution in [2.24, 2.45) is 11.7 Å². The average molecular weight is 198 g/mol. The molecule has 4 heteroatoms. The van der Waals surface area contributed by atoms with Crippen LogP contribution in [0.4, 0.5) is 0 Å². The molecule has 2 fully saturated rings. The largest absolute Gasteiger partial charge is 0.393 e. The standard InChI is InChI=1S/C10H18N2O2/c11-10(14)7-5-12(6-7)8-1-3-9(13)4-2-8/h7-9,13H,1-6H2,(H2,11,14). The Bertz CT molecular complexity index is 218. The first-order valence-corrected chi connectivity index (χ1v) is 5.38. The smallest absolute Gasteiger partial charge is 0.223 e. The number of nitrogens with zero attached hydrogens (tertiary/aromatic N) is 1. The summed E-state index contributed by atoms with van der Waals surface area (Å²) in [6.45, 7) is 1.66. The van der Waals surface area contributed by atoms with E-state index in [1.54, 1.807) is 0 Å². The molecule has 80 valence electrons. The molecule has 2 aliphatic rings. The summed E-state index contributed by atoms with van der Waals surface area (Å²) in [4.78, 5) is 13.1. The Morgan fingerprint density at radius 2 is 1.79 bits per heavy atom. The van der Waals surface area contributed by atoms with Crippen LogP contribution in [0, 0.1) is 5.92 Å². The number of carbonyl (C=O) groups is 1. The second-order valence-electron chi connectivity index (χ2n) is 4.52. The highest BCUT2D eigenvalue weighted by Crippen LogP contribution is 2.28. The van der Waals surface area contributed by atoms with E-state index in [0.29, 0.717) is 6.04 Å². The highest BCUT2D eigenvalue weighted by atomic mass is 16.3. The Morgan fingerprint density at radius 3 is 2.29 bits per heavy atom. The molecule has 0 aromatic heterocycles. The van der Waals surface area contributed by atoms with Gasteiger partial charge in [-0.2, -0.15) is 0 Å². The lowest BCUT2D eigenvalue weighted by Gasteiger charge is -2.45. The molecule has 0 unspecified atom stereocenters. The van der Waals surface area contributed by atoms with Crippen molar-refractivity contribution in [1.29, 1.82) is 0 Å². The van der Waals surface area contributed by atoms with E-state index >= 15 is 0 Å². The van der Waals surface area contributed by atoms with E-state index in [1.807, 2.05) is 0 Å². The molecule has 0 radical (unpaired) electrons. The summed E-state index contributed by atoms with van der Waals surface area (Å²) >= 11 is 0. The summed E-state index contributed by atoms with van der Waals surface area (Å²) in [5.74, 6) is -0.0982. The third kappa shape index (κ3) is 1.91. The second-order valence-corrected chi connectivity index (χ2v) is 4.52. The fraction of sp³-hybridized carbons (Fsp3) is 0.900. The van der Waals surface area contributed by atoms with Gasteiger partial charge < -0.3 is 10.8 Å². The molecular formula is C10H18N2O2. The highest BCUT2D eigenvalue weighted by Gasteiger charge is 2.36. The van der Waals surface area contributed by atoms with E-state index < -0.39 is 0 Å². The van der Waals surface area contributed by atoms with Gasteiger partial charge in [-0.3, -0.25) is 9.69 Å². The van der Waals surface area contributed by atoms with Crippen molar-refractivity contribution in [2.45, 2.75) is 37.8 Å². The lowest BCUT2D eigenvalue weighted by Crippen LogP contribution is -2.57. The molecule has 1 saturated heterocycles. The molecule has 0 atom stereocenters.